The summed E-state index contributed by atoms with van der Waals surface area (Å²) in [5.74, 6) is -0.220. The van der Waals surface area contributed by atoms with E-state index in [4.69, 9.17) is 11.5 Å². The largest absolute Gasteiger partial charge is 0.370 e. The zero-order valence-electron chi connectivity index (χ0n) is 5.94. The van der Waals surface area contributed by atoms with Gasteiger partial charge in [0.1, 0.15) is 0 Å². The third kappa shape index (κ3) is 4.70. The summed E-state index contributed by atoms with van der Waals surface area (Å²) in [6.07, 6.45) is 0.666. The normalized spacial score (nSPS) is 10.5. The van der Waals surface area contributed by atoms with E-state index in [0.717, 1.165) is 0 Å². The lowest BCUT2D eigenvalue weighted by Gasteiger charge is -1.95. The molecule has 0 radical (unpaired) electrons. The fraction of sp³-hybridized carbons (Fsp3) is 0.250. The van der Waals surface area contributed by atoms with E-state index in [-0.39, 0.29) is 11.8 Å². The van der Waals surface area contributed by atoms with Gasteiger partial charge in [0.15, 0.2) is 11.8 Å². The second-order valence-electron chi connectivity index (χ2n) is 1.59. The molecule has 0 heterocycles. The van der Waals surface area contributed by atoms with Crippen molar-refractivity contribution in [3.8, 4) is 0 Å². The molecule has 0 unspecified atom stereocenters. The van der Waals surface area contributed by atoms with Crippen LogP contribution < -0.4 is 16.8 Å². The highest BCUT2D eigenvalue weighted by Crippen LogP contribution is 1.88. The quantitative estimate of drug-likeness (QED) is 0.201. The molecule has 0 bridgehead atoms. The van der Waals surface area contributed by atoms with Gasteiger partial charge in [-0.15, -0.1) is 0 Å². The fourth-order valence-electron chi connectivity index (χ4n) is 0.388. The fourth-order valence-corrected chi connectivity index (χ4v) is 0.388. The van der Waals surface area contributed by atoms with Crippen LogP contribution in [-0.2, 0) is 0 Å². The highest BCUT2D eigenvalue weighted by molar-refractivity contribution is 5.76. The Labute approximate surface area is 62.9 Å². The molecule has 7 nitrogen and oxygen atoms in total. The van der Waals surface area contributed by atoms with Crippen molar-refractivity contribution in [2.24, 2.45) is 16.5 Å². The zero-order chi connectivity index (χ0) is 8.85. The number of nitrogens with two attached hydrogens (primary N) is 2. The summed E-state index contributed by atoms with van der Waals surface area (Å²) < 4.78 is 0. The van der Waals surface area contributed by atoms with Gasteiger partial charge in [0.2, 0.25) is 0 Å². The second-order valence-corrected chi connectivity index (χ2v) is 1.59. The minimum Gasteiger partial charge on any atom is -0.370 e. The summed E-state index contributed by atoms with van der Waals surface area (Å²) in [4.78, 5) is 12.6. The Morgan fingerprint density at radius 2 is 2.27 bits per heavy atom. The number of nitrogens with one attached hydrogen (secondary N) is 1. The Hall–Kier alpha value is -1.79. The minimum atomic E-state index is -0.654. The van der Waals surface area contributed by atoms with Crippen LogP contribution in [0, 0.1) is 10.1 Å². The van der Waals surface area contributed by atoms with E-state index in [0.29, 0.717) is 6.20 Å². The molecule has 0 aliphatic carbocycles. The SMILES string of the molecule is CN/C(=C\[N+](=O)[O-])N=C(N)N. The number of nitro groups is 1. The first-order valence-corrected chi connectivity index (χ1v) is 2.69. The molecular weight excluding hydrogens is 150 g/mol. The molecule has 0 aromatic heterocycles. The van der Waals surface area contributed by atoms with Gasteiger partial charge in [0.05, 0.1) is 4.92 Å². The van der Waals surface area contributed by atoms with Gasteiger partial charge in [0, 0.05) is 7.05 Å². The van der Waals surface area contributed by atoms with Crippen LogP contribution in [0.15, 0.2) is 17.0 Å². The highest BCUT2D eigenvalue weighted by atomic mass is 16.6. The predicted molar refractivity (Wildman–Crippen MR) is 39.9 cm³/mol. The van der Waals surface area contributed by atoms with Gasteiger partial charge >= 0.3 is 0 Å². The van der Waals surface area contributed by atoms with Gasteiger partial charge in [-0.2, -0.15) is 4.99 Å². The van der Waals surface area contributed by atoms with Crippen LogP contribution in [0.5, 0.6) is 0 Å². The molecule has 0 saturated heterocycles. The average molecular weight is 159 g/mol. The maximum Gasteiger partial charge on any atom is 0.276 e. The molecule has 0 saturated carbocycles. The van der Waals surface area contributed by atoms with Gasteiger partial charge in [-0.25, -0.2) is 0 Å². The third-order valence-corrected chi connectivity index (χ3v) is 0.733. The standard InChI is InChI=1S/C4H9N5O2/c1-7-3(2-9(10)11)8-4(5)6/h2,7H,1H3,(H4,5,6,8)/b3-2+. The molecule has 0 amide bonds. The van der Waals surface area contributed by atoms with Gasteiger partial charge in [-0.3, -0.25) is 10.1 Å². The van der Waals surface area contributed by atoms with E-state index in [9.17, 15) is 10.1 Å². The number of hydrogen-bond donors (Lipinski definition) is 3. The van der Waals surface area contributed by atoms with Crippen LogP contribution in [-0.4, -0.2) is 17.9 Å². The molecule has 0 spiro atoms. The average Bonchev–Trinajstić information content (AvgIpc) is 1.84. The Morgan fingerprint density at radius 3 is 2.55 bits per heavy atom. The van der Waals surface area contributed by atoms with Crippen molar-refractivity contribution < 1.29 is 4.92 Å². The number of aliphatic imine (C=N–C) groups is 1. The Morgan fingerprint density at radius 1 is 1.73 bits per heavy atom. The molecule has 7 heteroatoms. The lowest BCUT2D eigenvalue weighted by atomic mass is 10.7. The van der Waals surface area contributed by atoms with Crippen molar-refractivity contribution in [1.29, 1.82) is 0 Å². The van der Waals surface area contributed by atoms with Crippen LogP contribution in [0.25, 0.3) is 0 Å². The molecule has 0 aromatic rings. The smallest absolute Gasteiger partial charge is 0.276 e. The van der Waals surface area contributed by atoms with Crippen LogP contribution >= 0.6 is 0 Å². The van der Waals surface area contributed by atoms with Crippen LogP contribution in [0.4, 0.5) is 0 Å². The molecule has 11 heavy (non-hydrogen) atoms. The van der Waals surface area contributed by atoms with E-state index in [1.54, 1.807) is 0 Å². The van der Waals surface area contributed by atoms with Crippen LogP contribution in [0.1, 0.15) is 0 Å². The van der Waals surface area contributed by atoms with Gasteiger partial charge in [-0.05, 0) is 0 Å². The Bertz CT molecular complexity index is 205. The van der Waals surface area contributed by atoms with Gasteiger partial charge in [-0.1, -0.05) is 0 Å². The molecular formula is C4H9N5O2. The number of rotatable bonds is 3. The Balaban J connectivity index is 4.41. The first-order valence-electron chi connectivity index (χ1n) is 2.69. The predicted octanol–water partition coefficient (Wildman–Crippen LogP) is -1.45. The first-order chi connectivity index (χ1) is 5.06. The molecule has 0 aromatic carbocycles. The molecule has 0 rings (SSSR count). The van der Waals surface area contributed by atoms with Crippen molar-refractivity contribution in [2.45, 2.75) is 0 Å². The monoisotopic (exact) mass is 159 g/mol. The van der Waals surface area contributed by atoms with Gasteiger partial charge < -0.3 is 16.8 Å². The van der Waals surface area contributed by atoms with E-state index < -0.39 is 4.92 Å². The molecule has 0 atom stereocenters. The van der Waals surface area contributed by atoms with Crippen molar-refractivity contribution in [2.75, 3.05) is 7.05 Å². The van der Waals surface area contributed by atoms with Crippen molar-refractivity contribution in [3.05, 3.63) is 22.1 Å². The van der Waals surface area contributed by atoms with Crippen molar-refractivity contribution in [3.63, 3.8) is 0 Å². The zero-order valence-corrected chi connectivity index (χ0v) is 5.94. The summed E-state index contributed by atoms with van der Waals surface area (Å²) in [7, 11) is 1.47. The minimum absolute atomic E-state index is 0.00926. The Kier molecular flexibility index (Phi) is 3.43. The van der Waals surface area contributed by atoms with E-state index in [1.165, 1.54) is 7.05 Å². The maximum atomic E-state index is 9.89. The summed E-state index contributed by atoms with van der Waals surface area (Å²) in [6.45, 7) is 0. The molecule has 5 N–H and O–H groups in total. The second kappa shape index (κ2) is 4.09. The molecule has 0 aliphatic rings. The number of guanidine groups is 1. The molecule has 62 valence electrons. The van der Waals surface area contributed by atoms with E-state index in [1.807, 2.05) is 0 Å². The molecule has 0 fully saturated rings. The topological polar surface area (TPSA) is 120 Å². The molecule has 0 aliphatic heterocycles. The van der Waals surface area contributed by atoms with Crippen molar-refractivity contribution >= 4 is 5.96 Å². The van der Waals surface area contributed by atoms with Gasteiger partial charge in [0.25, 0.3) is 6.20 Å². The summed E-state index contributed by atoms with van der Waals surface area (Å²) >= 11 is 0. The summed E-state index contributed by atoms with van der Waals surface area (Å²) in [5, 5.41) is 12.3. The number of hydrogen-bond acceptors (Lipinski definition) is 4. The van der Waals surface area contributed by atoms with E-state index >= 15 is 0 Å². The summed E-state index contributed by atoms with van der Waals surface area (Å²) in [6, 6.07) is 0. The lowest BCUT2D eigenvalue weighted by molar-refractivity contribution is -0.403. The first kappa shape index (κ1) is 9.21. The van der Waals surface area contributed by atoms with Crippen LogP contribution in [0.2, 0.25) is 0 Å². The van der Waals surface area contributed by atoms with Crippen LogP contribution in [0.3, 0.4) is 0 Å². The highest BCUT2D eigenvalue weighted by Gasteiger charge is 1.96. The summed E-state index contributed by atoms with van der Waals surface area (Å²) in [5.41, 5.74) is 9.94. The lowest BCUT2D eigenvalue weighted by Crippen LogP contribution is -2.24. The van der Waals surface area contributed by atoms with E-state index in [2.05, 4.69) is 10.3 Å². The third-order valence-electron chi connectivity index (χ3n) is 0.733. The number of nitrogens with zero attached hydrogens (tertiary/aromatic N) is 2. The maximum absolute atomic E-state index is 9.89. The van der Waals surface area contributed by atoms with Crippen molar-refractivity contribution in [1.82, 2.24) is 5.32 Å².